The van der Waals surface area contributed by atoms with E-state index in [-0.39, 0.29) is 6.03 Å². The van der Waals surface area contributed by atoms with Crippen molar-refractivity contribution in [2.75, 3.05) is 13.1 Å². The third kappa shape index (κ3) is 5.43. The molecule has 0 saturated heterocycles. The van der Waals surface area contributed by atoms with E-state index in [0.29, 0.717) is 35.7 Å². The maximum atomic E-state index is 12.9. The van der Waals surface area contributed by atoms with Crippen LogP contribution < -0.4 is 10.1 Å². The molecule has 1 fully saturated rings. The van der Waals surface area contributed by atoms with Crippen LogP contribution in [0.5, 0.6) is 11.6 Å². The van der Waals surface area contributed by atoms with Crippen LogP contribution >= 0.6 is 11.6 Å². The number of hydrogen-bond acceptors (Lipinski definition) is 3. The number of amides is 2. The molecule has 32 heavy (non-hydrogen) atoms. The molecule has 4 rings (SSSR count). The van der Waals surface area contributed by atoms with Gasteiger partial charge in [-0.25, -0.2) is 9.48 Å². The van der Waals surface area contributed by atoms with Crippen molar-refractivity contribution in [3.63, 3.8) is 0 Å². The normalized spacial score (nSPS) is 13.1. The van der Waals surface area contributed by atoms with E-state index in [4.69, 9.17) is 21.4 Å². The van der Waals surface area contributed by atoms with E-state index in [0.717, 1.165) is 29.9 Å². The molecule has 0 aliphatic heterocycles. The number of ether oxygens (including phenoxy) is 1. The first-order chi connectivity index (χ1) is 15.5. The molecule has 1 aliphatic rings. The number of para-hydroxylation sites is 1. The number of urea groups is 1. The van der Waals surface area contributed by atoms with Crippen molar-refractivity contribution in [1.29, 1.82) is 0 Å². The third-order valence-electron chi connectivity index (χ3n) is 5.50. The van der Waals surface area contributed by atoms with Crippen molar-refractivity contribution in [1.82, 2.24) is 20.0 Å². The summed E-state index contributed by atoms with van der Waals surface area (Å²) < 4.78 is 8.12. The highest BCUT2D eigenvalue weighted by atomic mass is 35.5. The van der Waals surface area contributed by atoms with Crippen LogP contribution in [-0.4, -0.2) is 33.8 Å². The number of benzene rings is 2. The molecule has 2 amide bonds. The van der Waals surface area contributed by atoms with Crippen molar-refractivity contribution in [3.8, 4) is 17.3 Å². The average Bonchev–Trinajstić information content (AvgIpc) is 3.57. The lowest BCUT2D eigenvalue weighted by Gasteiger charge is -2.23. The van der Waals surface area contributed by atoms with Gasteiger partial charge in [-0.15, -0.1) is 0 Å². The van der Waals surface area contributed by atoms with Gasteiger partial charge in [0.25, 0.3) is 0 Å². The zero-order valence-corrected chi connectivity index (χ0v) is 19.3. The lowest BCUT2D eigenvalue weighted by atomic mass is 10.2. The van der Waals surface area contributed by atoms with E-state index in [2.05, 4.69) is 12.2 Å². The van der Waals surface area contributed by atoms with E-state index < -0.39 is 0 Å². The summed E-state index contributed by atoms with van der Waals surface area (Å²) in [5.74, 6) is 1.90. The molecule has 7 heteroatoms. The first kappa shape index (κ1) is 22.2. The predicted octanol–water partition coefficient (Wildman–Crippen LogP) is 5.96. The smallest absolute Gasteiger partial charge is 0.317 e. The Bertz CT molecular complexity index is 1050. The van der Waals surface area contributed by atoms with Crippen LogP contribution in [0.3, 0.4) is 0 Å². The van der Waals surface area contributed by atoms with Crippen LogP contribution in [-0.2, 0) is 6.54 Å². The highest BCUT2D eigenvalue weighted by Gasteiger charge is 2.29. The van der Waals surface area contributed by atoms with E-state index in [1.807, 2.05) is 66.4 Å². The van der Waals surface area contributed by atoms with Crippen LogP contribution in [0.15, 0.2) is 54.6 Å². The second-order valence-corrected chi connectivity index (χ2v) is 8.66. The molecule has 2 aromatic carbocycles. The van der Waals surface area contributed by atoms with Crippen LogP contribution in [0.25, 0.3) is 5.69 Å². The quantitative estimate of drug-likeness (QED) is 0.436. The molecule has 6 nitrogen and oxygen atoms in total. The number of halogens is 1. The molecule has 1 heterocycles. The van der Waals surface area contributed by atoms with E-state index in [1.165, 1.54) is 12.8 Å². The molecule has 1 saturated carbocycles. The summed E-state index contributed by atoms with van der Waals surface area (Å²) in [6.07, 6.45) is 3.25. The lowest BCUT2D eigenvalue weighted by molar-refractivity contribution is 0.192. The Morgan fingerprint density at radius 2 is 1.91 bits per heavy atom. The van der Waals surface area contributed by atoms with Crippen molar-refractivity contribution < 1.29 is 9.53 Å². The Balaban J connectivity index is 1.70. The molecule has 0 spiro atoms. The van der Waals surface area contributed by atoms with E-state index in [1.54, 1.807) is 4.68 Å². The molecule has 1 aliphatic carbocycles. The first-order valence-electron chi connectivity index (χ1n) is 11.1. The van der Waals surface area contributed by atoms with Gasteiger partial charge >= 0.3 is 6.03 Å². The molecule has 0 radical (unpaired) electrons. The Morgan fingerprint density at radius 1 is 1.19 bits per heavy atom. The molecule has 0 unspecified atom stereocenters. The van der Waals surface area contributed by atoms with Gasteiger partial charge in [0.1, 0.15) is 5.75 Å². The van der Waals surface area contributed by atoms with E-state index >= 15 is 0 Å². The number of aryl methyl sites for hydroxylation is 1. The van der Waals surface area contributed by atoms with Gasteiger partial charge in [0, 0.05) is 18.1 Å². The van der Waals surface area contributed by atoms with Crippen LogP contribution in [0, 0.1) is 12.8 Å². The van der Waals surface area contributed by atoms with Crippen molar-refractivity contribution >= 4 is 17.6 Å². The highest BCUT2D eigenvalue weighted by Crippen LogP contribution is 2.34. The van der Waals surface area contributed by atoms with Gasteiger partial charge in [-0.2, -0.15) is 5.10 Å². The molecule has 0 atom stereocenters. The lowest BCUT2D eigenvalue weighted by Crippen LogP contribution is -2.41. The van der Waals surface area contributed by atoms with Gasteiger partial charge in [-0.1, -0.05) is 36.7 Å². The number of nitrogens with zero attached hydrogens (tertiary/aromatic N) is 3. The van der Waals surface area contributed by atoms with Crippen LogP contribution in [0.1, 0.15) is 37.4 Å². The highest BCUT2D eigenvalue weighted by molar-refractivity contribution is 6.30. The average molecular weight is 453 g/mol. The van der Waals surface area contributed by atoms with Crippen molar-refractivity contribution in [2.45, 2.75) is 39.7 Å². The number of rotatable bonds is 9. The largest absolute Gasteiger partial charge is 0.439 e. The predicted molar refractivity (Wildman–Crippen MR) is 127 cm³/mol. The summed E-state index contributed by atoms with van der Waals surface area (Å²) in [5.41, 5.74) is 2.57. The first-order valence-corrected chi connectivity index (χ1v) is 11.5. The van der Waals surface area contributed by atoms with Gasteiger partial charge in [0.2, 0.25) is 5.88 Å². The number of aromatic nitrogens is 2. The Labute approximate surface area is 194 Å². The molecule has 1 N–H and O–H groups in total. The maximum Gasteiger partial charge on any atom is 0.317 e. The topological polar surface area (TPSA) is 59.4 Å². The third-order valence-corrected chi connectivity index (χ3v) is 5.76. The SMILES string of the molecule is CCCNC(=O)N(Cc1c(C)nn(-c2ccc(Cl)cc2)c1Oc1ccccc1)CC1CC1. The Morgan fingerprint density at radius 3 is 2.56 bits per heavy atom. The summed E-state index contributed by atoms with van der Waals surface area (Å²) in [6.45, 7) is 5.85. The van der Waals surface area contributed by atoms with Crippen LogP contribution in [0.4, 0.5) is 4.79 Å². The van der Waals surface area contributed by atoms with Crippen molar-refractivity contribution in [3.05, 3.63) is 70.9 Å². The molecular formula is C25H29ClN4O2. The molecule has 3 aromatic rings. The molecule has 0 bridgehead atoms. The standard InChI is InChI=1S/C25H29ClN4O2/c1-3-15-27-25(31)29(16-19-9-10-19)17-23-18(2)28-30(21-13-11-20(26)12-14-21)24(23)32-22-7-5-4-6-8-22/h4-8,11-14,19H,3,9-10,15-17H2,1-2H3,(H,27,31). The van der Waals surface area contributed by atoms with Gasteiger partial charge in [0.05, 0.1) is 23.5 Å². The van der Waals surface area contributed by atoms with Crippen LogP contribution in [0.2, 0.25) is 5.02 Å². The van der Waals surface area contributed by atoms with Gasteiger partial charge < -0.3 is 15.0 Å². The minimum absolute atomic E-state index is 0.0388. The number of carbonyl (C=O) groups excluding carboxylic acids is 1. The fourth-order valence-electron chi connectivity index (χ4n) is 3.55. The monoisotopic (exact) mass is 452 g/mol. The Hall–Kier alpha value is -2.99. The van der Waals surface area contributed by atoms with Crippen molar-refractivity contribution in [2.24, 2.45) is 5.92 Å². The minimum Gasteiger partial charge on any atom is -0.439 e. The maximum absolute atomic E-state index is 12.9. The number of hydrogen-bond donors (Lipinski definition) is 1. The number of nitrogens with one attached hydrogen (secondary N) is 1. The van der Waals surface area contributed by atoms with Gasteiger partial charge in [0.15, 0.2) is 0 Å². The summed E-state index contributed by atoms with van der Waals surface area (Å²) in [7, 11) is 0. The second-order valence-electron chi connectivity index (χ2n) is 8.23. The fourth-order valence-corrected chi connectivity index (χ4v) is 3.67. The Kier molecular flexibility index (Phi) is 7.00. The molecule has 1 aromatic heterocycles. The summed E-state index contributed by atoms with van der Waals surface area (Å²) in [4.78, 5) is 14.8. The second kappa shape index (κ2) is 10.1. The van der Waals surface area contributed by atoms with Gasteiger partial charge in [-0.05, 0) is 68.5 Å². The fraction of sp³-hybridized carbons (Fsp3) is 0.360. The zero-order chi connectivity index (χ0) is 22.5. The van der Waals surface area contributed by atoms with E-state index in [9.17, 15) is 4.79 Å². The summed E-state index contributed by atoms with van der Waals surface area (Å²) in [6, 6.07) is 17.1. The number of carbonyl (C=O) groups is 1. The summed E-state index contributed by atoms with van der Waals surface area (Å²) in [5, 5.41) is 8.45. The summed E-state index contributed by atoms with van der Waals surface area (Å²) >= 11 is 6.09. The molecular weight excluding hydrogens is 424 g/mol. The molecule has 168 valence electrons. The zero-order valence-electron chi connectivity index (χ0n) is 18.6. The minimum atomic E-state index is -0.0388. The van der Waals surface area contributed by atoms with Gasteiger partial charge in [-0.3, -0.25) is 0 Å².